The molecule has 0 radical (unpaired) electrons. The highest BCUT2D eigenvalue weighted by molar-refractivity contribution is 5.77. The molecule has 8 heteroatoms. The number of carboxylic acid groups (broad SMARTS) is 1. The summed E-state index contributed by atoms with van der Waals surface area (Å²) >= 11 is 0. The molecule has 0 aliphatic carbocycles. The Morgan fingerprint density at radius 2 is 2.23 bits per heavy atom. The second kappa shape index (κ2) is 8.81. The fourth-order valence-electron chi connectivity index (χ4n) is 2.41. The van der Waals surface area contributed by atoms with Crippen molar-refractivity contribution in [3.8, 4) is 0 Å². The summed E-state index contributed by atoms with van der Waals surface area (Å²) in [5.41, 5.74) is 0. The van der Waals surface area contributed by atoms with Crippen molar-refractivity contribution in [1.82, 2.24) is 19.8 Å². The van der Waals surface area contributed by atoms with Crippen LogP contribution in [0.25, 0.3) is 0 Å². The van der Waals surface area contributed by atoms with Crippen molar-refractivity contribution < 1.29 is 19.5 Å². The zero-order chi connectivity index (χ0) is 16.5. The number of hydrogen-bond acceptors (Lipinski definition) is 4. The van der Waals surface area contributed by atoms with Crippen LogP contribution in [0.4, 0.5) is 0 Å². The maximum absolute atomic E-state index is 12.1. The number of rotatable bonds is 4. The normalized spacial score (nSPS) is 16.6. The van der Waals surface area contributed by atoms with Crippen molar-refractivity contribution in [2.75, 3.05) is 20.1 Å². The van der Waals surface area contributed by atoms with Crippen LogP contribution in [0.3, 0.4) is 0 Å². The van der Waals surface area contributed by atoms with Crippen LogP contribution in [0, 0.1) is 12.8 Å². The number of aromatic nitrogens is 2. The molecule has 2 amide bonds. The summed E-state index contributed by atoms with van der Waals surface area (Å²) in [4.78, 5) is 37.8. The Morgan fingerprint density at radius 3 is 2.77 bits per heavy atom. The second-order valence-corrected chi connectivity index (χ2v) is 5.08. The quantitative estimate of drug-likeness (QED) is 0.754. The van der Waals surface area contributed by atoms with Gasteiger partial charge < -0.3 is 19.9 Å². The highest BCUT2D eigenvalue weighted by Gasteiger charge is 2.27. The first-order valence-electron chi connectivity index (χ1n) is 7.05. The minimum atomic E-state index is -0.250. The van der Waals surface area contributed by atoms with Gasteiger partial charge in [-0.3, -0.25) is 14.4 Å². The molecule has 1 unspecified atom stereocenters. The van der Waals surface area contributed by atoms with Gasteiger partial charge in [-0.05, 0) is 19.3 Å². The van der Waals surface area contributed by atoms with Gasteiger partial charge in [0.1, 0.15) is 12.4 Å². The molecular weight excluding hydrogens is 288 g/mol. The van der Waals surface area contributed by atoms with E-state index in [4.69, 9.17) is 9.90 Å². The largest absolute Gasteiger partial charge is 0.483 e. The molecular formula is C14H22N4O4. The number of nitrogens with one attached hydrogen (secondary N) is 1. The summed E-state index contributed by atoms with van der Waals surface area (Å²) in [5.74, 6) is 1.27. The number of carbonyl (C=O) groups excluding carboxylic acids is 2. The van der Waals surface area contributed by atoms with E-state index in [0.29, 0.717) is 19.5 Å². The fraction of sp³-hybridized carbons (Fsp3) is 0.571. The third-order valence-corrected chi connectivity index (χ3v) is 3.62. The molecule has 2 heterocycles. The Kier molecular flexibility index (Phi) is 7.07. The molecule has 2 N–H and O–H groups in total. The third kappa shape index (κ3) is 5.19. The Bertz CT molecular complexity index is 515. The Balaban J connectivity index is 0.000000745. The van der Waals surface area contributed by atoms with Crippen LogP contribution in [-0.4, -0.2) is 58.0 Å². The van der Waals surface area contributed by atoms with Gasteiger partial charge in [0.15, 0.2) is 0 Å². The van der Waals surface area contributed by atoms with Crippen molar-refractivity contribution in [3.63, 3.8) is 0 Å². The molecule has 1 atom stereocenters. The van der Waals surface area contributed by atoms with E-state index in [1.54, 1.807) is 13.2 Å². The van der Waals surface area contributed by atoms with Crippen LogP contribution >= 0.6 is 0 Å². The Labute approximate surface area is 129 Å². The van der Waals surface area contributed by atoms with E-state index in [-0.39, 0.29) is 24.2 Å². The van der Waals surface area contributed by atoms with Crippen LogP contribution in [0.5, 0.6) is 0 Å². The number of carbonyl (C=O) groups is 3. The molecule has 0 bridgehead atoms. The molecule has 122 valence electrons. The third-order valence-electron chi connectivity index (χ3n) is 3.62. The number of likely N-dealkylation sites (tertiary alicyclic amines) is 1. The summed E-state index contributed by atoms with van der Waals surface area (Å²) in [6.45, 7) is 3.39. The maximum Gasteiger partial charge on any atom is 0.290 e. The predicted molar refractivity (Wildman–Crippen MR) is 79.0 cm³/mol. The van der Waals surface area contributed by atoms with Gasteiger partial charge in [0.25, 0.3) is 6.47 Å². The van der Waals surface area contributed by atoms with Crippen LogP contribution < -0.4 is 5.32 Å². The summed E-state index contributed by atoms with van der Waals surface area (Å²) in [5, 5.41) is 9.51. The Hall–Kier alpha value is -2.38. The summed E-state index contributed by atoms with van der Waals surface area (Å²) < 4.78 is 1.84. The molecule has 2 rings (SSSR count). The first kappa shape index (κ1) is 17.7. The SMILES string of the molecule is CNC(=O)CC1CCN(C(=O)Cn2ccnc2C)C1.O=CO. The lowest BCUT2D eigenvalue weighted by molar-refractivity contribution is -0.131. The summed E-state index contributed by atoms with van der Waals surface area (Å²) in [6.07, 6.45) is 4.92. The zero-order valence-electron chi connectivity index (χ0n) is 12.9. The van der Waals surface area contributed by atoms with Gasteiger partial charge in [0, 0.05) is 39.0 Å². The summed E-state index contributed by atoms with van der Waals surface area (Å²) in [6, 6.07) is 0. The topological polar surface area (TPSA) is 105 Å². The van der Waals surface area contributed by atoms with E-state index < -0.39 is 0 Å². The molecule has 1 fully saturated rings. The standard InChI is InChI=1S/C13H20N4O2.CH2O2/c1-10-15-4-6-16(10)9-13(19)17-5-3-11(8-17)7-12(18)14-2;2-1-3/h4,6,11H,3,5,7-9H2,1-2H3,(H,14,18);1H,(H,2,3). The van der Waals surface area contributed by atoms with E-state index in [9.17, 15) is 9.59 Å². The van der Waals surface area contributed by atoms with Gasteiger partial charge in [0.2, 0.25) is 11.8 Å². The molecule has 1 aliphatic rings. The molecule has 1 aromatic heterocycles. The van der Waals surface area contributed by atoms with Gasteiger partial charge in [-0.2, -0.15) is 0 Å². The average molecular weight is 310 g/mol. The lowest BCUT2D eigenvalue weighted by atomic mass is 10.1. The van der Waals surface area contributed by atoms with Gasteiger partial charge in [-0.25, -0.2) is 4.98 Å². The van der Waals surface area contributed by atoms with E-state index >= 15 is 0 Å². The highest BCUT2D eigenvalue weighted by Crippen LogP contribution is 2.19. The number of nitrogens with zero attached hydrogens (tertiary/aromatic N) is 3. The highest BCUT2D eigenvalue weighted by atomic mass is 16.3. The van der Waals surface area contributed by atoms with E-state index in [1.807, 2.05) is 22.6 Å². The minimum Gasteiger partial charge on any atom is -0.483 e. The Morgan fingerprint density at radius 1 is 1.55 bits per heavy atom. The van der Waals surface area contributed by atoms with Gasteiger partial charge in [-0.15, -0.1) is 0 Å². The molecule has 1 aliphatic heterocycles. The van der Waals surface area contributed by atoms with Gasteiger partial charge >= 0.3 is 0 Å². The first-order valence-corrected chi connectivity index (χ1v) is 7.05. The molecule has 0 spiro atoms. The van der Waals surface area contributed by atoms with Crippen molar-refractivity contribution >= 4 is 18.3 Å². The number of imidazole rings is 1. The lowest BCUT2D eigenvalue weighted by Gasteiger charge is -2.17. The van der Waals surface area contributed by atoms with Crippen LogP contribution in [0.15, 0.2) is 12.4 Å². The number of aryl methyl sites for hydroxylation is 1. The molecule has 1 saturated heterocycles. The fourth-order valence-corrected chi connectivity index (χ4v) is 2.41. The first-order chi connectivity index (χ1) is 10.5. The zero-order valence-corrected chi connectivity index (χ0v) is 12.9. The van der Waals surface area contributed by atoms with Crippen LogP contribution in [0.2, 0.25) is 0 Å². The number of amides is 2. The van der Waals surface area contributed by atoms with E-state index in [2.05, 4.69) is 10.3 Å². The molecule has 0 saturated carbocycles. The monoisotopic (exact) mass is 310 g/mol. The summed E-state index contributed by atoms with van der Waals surface area (Å²) in [7, 11) is 1.64. The van der Waals surface area contributed by atoms with Crippen molar-refractivity contribution in [1.29, 1.82) is 0 Å². The van der Waals surface area contributed by atoms with Gasteiger partial charge in [-0.1, -0.05) is 0 Å². The molecule has 0 aromatic carbocycles. The maximum atomic E-state index is 12.1. The second-order valence-electron chi connectivity index (χ2n) is 5.08. The predicted octanol–water partition coefficient (Wildman–Crippen LogP) is -0.123. The van der Waals surface area contributed by atoms with Crippen LogP contribution in [0.1, 0.15) is 18.7 Å². The molecule has 1 aromatic rings. The minimum absolute atomic E-state index is 0.0461. The van der Waals surface area contributed by atoms with E-state index in [1.165, 1.54) is 0 Å². The van der Waals surface area contributed by atoms with Gasteiger partial charge in [0.05, 0.1) is 0 Å². The van der Waals surface area contributed by atoms with Crippen molar-refractivity contribution in [2.24, 2.45) is 5.92 Å². The van der Waals surface area contributed by atoms with Crippen molar-refractivity contribution in [3.05, 3.63) is 18.2 Å². The van der Waals surface area contributed by atoms with Crippen molar-refractivity contribution in [2.45, 2.75) is 26.3 Å². The molecule has 22 heavy (non-hydrogen) atoms. The number of hydrogen-bond donors (Lipinski definition) is 2. The van der Waals surface area contributed by atoms with E-state index in [0.717, 1.165) is 18.8 Å². The lowest BCUT2D eigenvalue weighted by Crippen LogP contribution is -2.32. The smallest absolute Gasteiger partial charge is 0.290 e. The van der Waals surface area contributed by atoms with Crippen LogP contribution in [-0.2, 0) is 20.9 Å². The molecule has 8 nitrogen and oxygen atoms in total. The average Bonchev–Trinajstić information content (AvgIpc) is 3.10.